The van der Waals surface area contributed by atoms with Crippen molar-refractivity contribution in [3.8, 4) is 0 Å². The van der Waals surface area contributed by atoms with Gasteiger partial charge in [-0.25, -0.2) is 0 Å². The summed E-state index contributed by atoms with van der Waals surface area (Å²) in [5.41, 5.74) is 0. The van der Waals surface area contributed by atoms with Crippen molar-refractivity contribution in [1.82, 2.24) is 15.5 Å². The topological polar surface area (TPSA) is 44.4 Å². The summed E-state index contributed by atoms with van der Waals surface area (Å²) in [6.45, 7) is 7.07. The summed E-state index contributed by atoms with van der Waals surface area (Å²) < 4.78 is 0. The third-order valence-electron chi connectivity index (χ3n) is 2.50. The molecule has 0 spiro atoms. The van der Waals surface area contributed by atoms with E-state index in [1.807, 2.05) is 0 Å². The van der Waals surface area contributed by atoms with E-state index in [0.29, 0.717) is 6.04 Å². The molecule has 1 heterocycles. The van der Waals surface area contributed by atoms with E-state index in [1.54, 1.807) is 7.05 Å². The lowest BCUT2D eigenvalue weighted by molar-refractivity contribution is -0.123. The Morgan fingerprint density at radius 3 is 2.85 bits per heavy atom. The summed E-state index contributed by atoms with van der Waals surface area (Å²) in [5.74, 6) is 0.0883. The first-order valence-electron chi connectivity index (χ1n) is 4.84. The van der Waals surface area contributed by atoms with Gasteiger partial charge >= 0.3 is 0 Å². The average Bonchev–Trinajstić information content (AvgIpc) is 2.17. The van der Waals surface area contributed by atoms with Crippen molar-refractivity contribution in [3.05, 3.63) is 0 Å². The van der Waals surface area contributed by atoms with E-state index in [-0.39, 0.29) is 11.9 Å². The van der Waals surface area contributed by atoms with Crippen molar-refractivity contribution in [2.24, 2.45) is 0 Å². The maximum atomic E-state index is 11.3. The van der Waals surface area contributed by atoms with Crippen LogP contribution in [-0.4, -0.2) is 49.6 Å². The number of carbonyl (C=O) groups is 1. The molecule has 1 saturated heterocycles. The highest BCUT2D eigenvalue weighted by molar-refractivity contribution is 5.81. The lowest BCUT2D eigenvalue weighted by Crippen LogP contribution is -2.58. The average molecular weight is 185 g/mol. The van der Waals surface area contributed by atoms with E-state index < -0.39 is 0 Å². The van der Waals surface area contributed by atoms with Crippen LogP contribution in [0, 0.1) is 0 Å². The molecule has 0 saturated carbocycles. The molecule has 4 heteroatoms. The number of carbonyl (C=O) groups excluding carboxylic acids is 1. The maximum Gasteiger partial charge on any atom is 0.238 e. The molecule has 0 aromatic heterocycles. The Morgan fingerprint density at radius 2 is 2.31 bits per heavy atom. The first-order chi connectivity index (χ1) is 6.15. The Kier molecular flexibility index (Phi) is 3.69. The number of hydrogen-bond acceptors (Lipinski definition) is 3. The Balaban J connectivity index is 2.46. The lowest BCUT2D eigenvalue weighted by Gasteiger charge is -2.35. The van der Waals surface area contributed by atoms with Gasteiger partial charge in [0.15, 0.2) is 0 Å². The van der Waals surface area contributed by atoms with Gasteiger partial charge in [-0.15, -0.1) is 0 Å². The minimum Gasteiger partial charge on any atom is -0.358 e. The maximum absolute atomic E-state index is 11.3. The molecule has 76 valence electrons. The van der Waals surface area contributed by atoms with E-state index in [1.165, 1.54) is 0 Å². The molecule has 1 fully saturated rings. The van der Waals surface area contributed by atoms with Gasteiger partial charge in [0.2, 0.25) is 5.91 Å². The van der Waals surface area contributed by atoms with Crippen molar-refractivity contribution in [2.45, 2.75) is 25.9 Å². The molecule has 2 N–H and O–H groups in total. The third kappa shape index (κ3) is 2.67. The molecular formula is C9H19N3O. The quantitative estimate of drug-likeness (QED) is 0.604. The Labute approximate surface area is 79.7 Å². The van der Waals surface area contributed by atoms with Crippen LogP contribution in [0.15, 0.2) is 0 Å². The van der Waals surface area contributed by atoms with Crippen molar-refractivity contribution < 1.29 is 4.79 Å². The van der Waals surface area contributed by atoms with Crippen molar-refractivity contribution in [1.29, 1.82) is 0 Å². The van der Waals surface area contributed by atoms with Gasteiger partial charge in [-0.05, 0) is 13.8 Å². The van der Waals surface area contributed by atoms with Gasteiger partial charge in [0, 0.05) is 32.7 Å². The van der Waals surface area contributed by atoms with Crippen LogP contribution in [0.1, 0.15) is 13.8 Å². The Bertz CT molecular complexity index is 182. The van der Waals surface area contributed by atoms with Crippen LogP contribution < -0.4 is 10.6 Å². The van der Waals surface area contributed by atoms with Gasteiger partial charge in [-0.1, -0.05) is 0 Å². The first-order valence-corrected chi connectivity index (χ1v) is 4.84. The molecule has 0 aromatic rings. The van der Waals surface area contributed by atoms with Crippen molar-refractivity contribution >= 4 is 5.91 Å². The first kappa shape index (κ1) is 10.5. The van der Waals surface area contributed by atoms with E-state index in [0.717, 1.165) is 19.6 Å². The molecular weight excluding hydrogens is 166 g/mol. The smallest absolute Gasteiger partial charge is 0.238 e. The molecule has 1 unspecified atom stereocenters. The molecule has 0 aliphatic carbocycles. The molecule has 1 rings (SSSR count). The number of hydrogen-bond donors (Lipinski definition) is 2. The minimum atomic E-state index is -0.0406. The van der Waals surface area contributed by atoms with Crippen LogP contribution in [-0.2, 0) is 4.79 Å². The molecule has 1 aliphatic rings. The predicted octanol–water partition coefficient (Wildman–Crippen LogP) is -0.585. The number of nitrogens with one attached hydrogen (secondary N) is 2. The van der Waals surface area contributed by atoms with Crippen molar-refractivity contribution in [3.63, 3.8) is 0 Å². The minimum absolute atomic E-state index is 0.0406. The summed E-state index contributed by atoms with van der Waals surface area (Å²) in [4.78, 5) is 13.7. The Hall–Kier alpha value is -0.610. The molecule has 0 radical (unpaired) electrons. The SMILES string of the molecule is CNC(=O)C1CN(C(C)C)CCN1. The number of nitrogens with zero attached hydrogens (tertiary/aromatic N) is 1. The number of rotatable bonds is 2. The highest BCUT2D eigenvalue weighted by Crippen LogP contribution is 2.03. The monoisotopic (exact) mass is 185 g/mol. The normalized spacial score (nSPS) is 24.8. The summed E-state index contributed by atoms with van der Waals surface area (Å²) in [5, 5.41) is 5.87. The zero-order valence-corrected chi connectivity index (χ0v) is 8.63. The van der Waals surface area contributed by atoms with Gasteiger partial charge in [0.05, 0.1) is 6.04 Å². The highest BCUT2D eigenvalue weighted by atomic mass is 16.2. The van der Waals surface area contributed by atoms with Crippen LogP contribution in [0.2, 0.25) is 0 Å². The summed E-state index contributed by atoms with van der Waals surface area (Å²) in [6.07, 6.45) is 0. The fourth-order valence-corrected chi connectivity index (χ4v) is 1.59. The summed E-state index contributed by atoms with van der Waals surface area (Å²) in [7, 11) is 1.68. The van der Waals surface area contributed by atoms with Crippen molar-refractivity contribution in [2.75, 3.05) is 26.7 Å². The second-order valence-corrected chi connectivity index (χ2v) is 3.71. The highest BCUT2D eigenvalue weighted by Gasteiger charge is 2.25. The largest absolute Gasteiger partial charge is 0.358 e. The summed E-state index contributed by atoms with van der Waals surface area (Å²) in [6, 6.07) is 0.482. The van der Waals surface area contributed by atoms with E-state index in [2.05, 4.69) is 29.4 Å². The van der Waals surface area contributed by atoms with Gasteiger partial charge < -0.3 is 10.6 Å². The summed E-state index contributed by atoms with van der Waals surface area (Å²) >= 11 is 0. The molecule has 1 amide bonds. The lowest BCUT2D eigenvalue weighted by atomic mass is 10.1. The zero-order valence-electron chi connectivity index (χ0n) is 8.63. The number of amides is 1. The van der Waals surface area contributed by atoms with E-state index in [4.69, 9.17) is 0 Å². The molecule has 0 bridgehead atoms. The second kappa shape index (κ2) is 4.58. The van der Waals surface area contributed by atoms with E-state index in [9.17, 15) is 4.79 Å². The molecule has 1 atom stereocenters. The Morgan fingerprint density at radius 1 is 1.62 bits per heavy atom. The molecule has 0 aromatic carbocycles. The second-order valence-electron chi connectivity index (χ2n) is 3.71. The van der Waals surface area contributed by atoms with Crippen LogP contribution in [0.25, 0.3) is 0 Å². The van der Waals surface area contributed by atoms with E-state index >= 15 is 0 Å². The van der Waals surface area contributed by atoms with Gasteiger partial charge in [-0.3, -0.25) is 9.69 Å². The number of piperazine rings is 1. The molecule has 4 nitrogen and oxygen atoms in total. The third-order valence-corrected chi connectivity index (χ3v) is 2.50. The van der Waals surface area contributed by atoms with Crippen LogP contribution >= 0.6 is 0 Å². The molecule has 1 aliphatic heterocycles. The predicted molar refractivity (Wildman–Crippen MR) is 52.6 cm³/mol. The van der Waals surface area contributed by atoms with Gasteiger partial charge in [-0.2, -0.15) is 0 Å². The van der Waals surface area contributed by atoms with Crippen LogP contribution in [0.3, 0.4) is 0 Å². The zero-order chi connectivity index (χ0) is 9.84. The fourth-order valence-electron chi connectivity index (χ4n) is 1.59. The van der Waals surface area contributed by atoms with Crippen LogP contribution in [0.4, 0.5) is 0 Å². The van der Waals surface area contributed by atoms with Gasteiger partial charge in [0.1, 0.15) is 0 Å². The number of likely N-dealkylation sites (N-methyl/N-ethyl adjacent to an activating group) is 1. The molecule has 13 heavy (non-hydrogen) atoms. The van der Waals surface area contributed by atoms with Gasteiger partial charge in [0.25, 0.3) is 0 Å². The van der Waals surface area contributed by atoms with Crippen LogP contribution in [0.5, 0.6) is 0 Å². The fraction of sp³-hybridized carbons (Fsp3) is 0.889. The standard InChI is InChI=1S/C9H19N3O/c1-7(2)12-5-4-11-8(6-12)9(13)10-3/h7-8,11H,4-6H2,1-3H3,(H,10,13).